The number of fused-ring (bicyclic) bond motifs is 4. The fourth-order valence-electron chi connectivity index (χ4n) is 9.24. The molecule has 2 saturated carbocycles. The fraction of sp³-hybridized carbons (Fsp3) is 0.692. The van der Waals surface area contributed by atoms with Crippen LogP contribution in [0.4, 0.5) is 0 Å². The van der Waals surface area contributed by atoms with Gasteiger partial charge in [0, 0.05) is 16.4 Å². The van der Waals surface area contributed by atoms with E-state index >= 15 is 0 Å². The van der Waals surface area contributed by atoms with Crippen LogP contribution in [0.5, 0.6) is 0 Å². The van der Waals surface area contributed by atoms with Gasteiger partial charge in [-0.15, -0.1) is 0 Å². The highest BCUT2D eigenvalue weighted by Crippen LogP contribution is 2.81. The quantitative estimate of drug-likeness (QED) is 0.627. The Bertz CT molecular complexity index is 1110. The van der Waals surface area contributed by atoms with Crippen molar-refractivity contribution < 1.29 is 28.9 Å². The van der Waals surface area contributed by atoms with Gasteiger partial charge >= 0.3 is 0 Å². The number of hydrogen-bond acceptors (Lipinski definition) is 6. The average Bonchev–Trinajstić information content (AvgIpc) is 3.61. The minimum Gasteiger partial charge on any atom is -0.504 e. The van der Waals surface area contributed by atoms with Crippen molar-refractivity contribution in [1.29, 1.82) is 0 Å². The summed E-state index contributed by atoms with van der Waals surface area (Å²) in [6, 6.07) is 0. The number of ether oxygens (including phenoxy) is 3. The lowest BCUT2D eigenvalue weighted by atomic mass is 9.39. The van der Waals surface area contributed by atoms with Gasteiger partial charge < -0.3 is 19.3 Å². The van der Waals surface area contributed by atoms with Crippen molar-refractivity contribution in [3.8, 4) is 0 Å². The zero-order valence-corrected chi connectivity index (χ0v) is 19.2. The summed E-state index contributed by atoms with van der Waals surface area (Å²) in [6.07, 6.45) is 7.97. The number of allylic oxidation sites excluding steroid dienone is 4. The average molecular weight is 439 g/mol. The number of rotatable bonds is 1. The number of aliphatic hydroxyl groups excluding tert-OH is 1. The van der Waals surface area contributed by atoms with Crippen LogP contribution >= 0.6 is 0 Å². The van der Waals surface area contributed by atoms with Crippen LogP contribution in [-0.4, -0.2) is 40.8 Å². The van der Waals surface area contributed by atoms with Gasteiger partial charge in [0.25, 0.3) is 0 Å². The minimum absolute atomic E-state index is 0.0203. The number of carbonyl (C=O) groups is 2. The molecule has 3 heterocycles. The van der Waals surface area contributed by atoms with Crippen molar-refractivity contribution in [3.05, 3.63) is 35.3 Å². The first-order chi connectivity index (χ1) is 14.9. The van der Waals surface area contributed by atoms with Crippen LogP contribution in [0.2, 0.25) is 0 Å². The van der Waals surface area contributed by atoms with Crippen molar-refractivity contribution >= 4 is 11.6 Å². The fourth-order valence-corrected chi connectivity index (χ4v) is 9.24. The van der Waals surface area contributed by atoms with Gasteiger partial charge in [-0.2, -0.15) is 0 Å². The van der Waals surface area contributed by atoms with Crippen LogP contribution in [0.3, 0.4) is 0 Å². The minimum atomic E-state index is -0.907. The predicted molar refractivity (Wildman–Crippen MR) is 113 cm³/mol. The van der Waals surface area contributed by atoms with Gasteiger partial charge in [0.15, 0.2) is 11.5 Å². The number of carbonyl (C=O) groups excluding carboxylic acids is 2. The molecule has 0 radical (unpaired) electrons. The molecular weight excluding hydrogens is 408 g/mol. The van der Waals surface area contributed by atoms with E-state index in [-0.39, 0.29) is 53.1 Å². The van der Waals surface area contributed by atoms with Gasteiger partial charge in [-0.3, -0.25) is 9.59 Å². The summed E-state index contributed by atoms with van der Waals surface area (Å²) in [4.78, 5) is 26.8. The van der Waals surface area contributed by atoms with E-state index in [9.17, 15) is 14.7 Å². The number of Topliss-reactive ketones (excluding diaryl/α,β-unsaturated/α-hetero) is 1. The molecule has 0 aromatic heterocycles. The van der Waals surface area contributed by atoms with Crippen LogP contribution < -0.4 is 0 Å². The van der Waals surface area contributed by atoms with E-state index in [2.05, 4.69) is 13.8 Å². The first-order valence-corrected chi connectivity index (χ1v) is 11.9. The molecule has 0 unspecified atom stereocenters. The van der Waals surface area contributed by atoms with Crippen molar-refractivity contribution in [3.63, 3.8) is 0 Å². The molecule has 0 aromatic rings. The Balaban J connectivity index is 1.41. The summed E-state index contributed by atoms with van der Waals surface area (Å²) >= 11 is 0. The summed E-state index contributed by atoms with van der Waals surface area (Å²) in [6.45, 7) is 10.0. The molecule has 0 bridgehead atoms. The second-order valence-electron chi connectivity index (χ2n) is 12.2. The van der Waals surface area contributed by atoms with Gasteiger partial charge in [0.2, 0.25) is 12.1 Å². The third-order valence-corrected chi connectivity index (χ3v) is 10.7. The smallest absolute Gasteiger partial charge is 0.230 e. The van der Waals surface area contributed by atoms with Crippen LogP contribution in [-0.2, 0) is 23.8 Å². The van der Waals surface area contributed by atoms with Crippen LogP contribution in [0.15, 0.2) is 35.3 Å². The third kappa shape index (κ3) is 1.70. The van der Waals surface area contributed by atoms with Crippen molar-refractivity contribution in [2.45, 2.75) is 78.0 Å². The van der Waals surface area contributed by atoms with E-state index in [4.69, 9.17) is 14.2 Å². The molecule has 4 fully saturated rings. The molecule has 2 saturated heterocycles. The standard InChI is InChI=1S/C26H30O6/c1-22(2)15(27)7-8-23(3)14-6-9-24(4)13(12-11-30-21-18(12)31-21)10-16-26(24,32-16)25(14,5)20(29)17(28)19(22)23/h7-8,11,13-14,16,18,21,28H,6,9-10H2,1-5H3/t13-,14+,16+,18+,21+,23+,24-,25-,26+/m0/s1. The van der Waals surface area contributed by atoms with Crippen molar-refractivity contribution in [2.24, 2.45) is 33.5 Å². The molecule has 170 valence electrons. The highest BCUT2D eigenvalue weighted by molar-refractivity contribution is 6.06. The molecule has 7 aliphatic rings. The zero-order chi connectivity index (χ0) is 22.6. The summed E-state index contributed by atoms with van der Waals surface area (Å²) in [7, 11) is 0. The van der Waals surface area contributed by atoms with Gasteiger partial charge in [0.1, 0.15) is 11.7 Å². The topological polar surface area (TPSA) is 88.7 Å². The molecule has 9 atom stereocenters. The Morgan fingerprint density at radius 2 is 1.88 bits per heavy atom. The number of ketones is 2. The van der Waals surface area contributed by atoms with E-state index in [0.717, 1.165) is 19.3 Å². The van der Waals surface area contributed by atoms with E-state index in [1.807, 2.05) is 33.1 Å². The lowest BCUT2D eigenvalue weighted by Crippen LogP contribution is -2.66. The third-order valence-electron chi connectivity index (χ3n) is 10.7. The lowest BCUT2D eigenvalue weighted by molar-refractivity contribution is -0.164. The first kappa shape index (κ1) is 19.5. The Hall–Kier alpha value is -1.92. The molecular formula is C26H30O6. The number of aliphatic hydroxyl groups is 1. The summed E-state index contributed by atoms with van der Waals surface area (Å²) in [5, 5.41) is 11.4. The Morgan fingerprint density at radius 1 is 1.12 bits per heavy atom. The van der Waals surface area contributed by atoms with Crippen LogP contribution in [0.25, 0.3) is 0 Å². The highest BCUT2D eigenvalue weighted by atomic mass is 16.8. The molecule has 6 heteroatoms. The van der Waals surface area contributed by atoms with Crippen LogP contribution in [0, 0.1) is 33.5 Å². The molecule has 6 nitrogen and oxygen atoms in total. The lowest BCUT2D eigenvalue weighted by Gasteiger charge is -2.62. The van der Waals surface area contributed by atoms with Crippen molar-refractivity contribution in [2.75, 3.05) is 0 Å². The molecule has 4 aliphatic carbocycles. The molecule has 1 N–H and O–H groups in total. The molecule has 7 rings (SSSR count). The van der Waals surface area contributed by atoms with Gasteiger partial charge in [-0.1, -0.05) is 19.9 Å². The Morgan fingerprint density at radius 3 is 2.53 bits per heavy atom. The van der Waals surface area contributed by atoms with Gasteiger partial charge in [0.05, 0.1) is 23.2 Å². The number of epoxide rings is 2. The molecule has 32 heavy (non-hydrogen) atoms. The first-order valence-electron chi connectivity index (χ1n) is 11.9. The van der Waals surface area contributed by atoms with E-state index < -0.39 is 21.8 Å². The largest absolute Gasteiger partial charge is 0.504 e. The number of hydrogen-bond donors (Lipinski definition) is 1. The monoisotopic (exact) mass is 438 g/mol. The maximum atomic E-state index is 14.1. The van der Waals surface area contributed by atoms with E-state index in [1.165, 1.54) is 5.57 Å². The second-order valence-corrected chi connectivity index (χ2v) is 12.2. The maximum absolute atomic E-state index is 14.1. The molecule has 0 amide bonds. The van der Waals surface area contributed by atoms with Gasteiger partial charge in [-0.05, 0) is 63.5 Å². The molecule has 1 spiro atoms. The van der Waals surface area contributed by atoms with E-state index in [1.54, 1.807) is 6.08 Å². The predicted octanol–water partition coefficient (Wildman–Crippen LogP) is 3.77. The summed E-state index contributed by atoms with van der Waals surface area (Å²) in [5.74, 6) is -0.353. The van der Waals surface area contributed by atoms with Crippen molar-refractivity contribution in [1.82, 2.24) is 0 Å². The Kier molecular flexibility index (Phi) is 3.11. The van der Waals surface area contributed by atoms with E-state index in [0.29, 0.717) is 5.57 Å². The molecule has 0 aromatic carbocycles. The Labute approximate surface area is 187 Å². The summed E-state index contributed by atoms with van der Waals surface area (Å²) < 4.78 is 17.8. The normalized spacial score (nSPS) is 55.9. The SMILES string of the molecule is CC1(C)C(=O)C=C[C@@]2(C)C1=C(O)C(=O)[C@]1(C)[C@@H]2CC[C@@]2(C)[C@H](C3=CO[C@@H]4O[C@H]34)C[C@H]3O[C@]321. The van der Waals surface area contributed by atoms with Gasteiger partial charge in [-0.25, -0.2) is 0 Å². The highest BCUT2D eigenvalue weighted by Gasteiger charge is 2.87. The zero-order valence-electron chi connectivity index (χ0n) is 19.2. The maximum Gasteiger partial charge on any atom is 0.230 e. The molecule has 3 aliphatic heterocycles. The second kappa shape index (κ2) is 5.10. The van der Waals surface area contributed by atoms with Crippen LogP contribution in [0.1, 0.15) is 53.9 Å². The summed E-state index contributed by atoms with van der Waals surface area (Å²) in [5.41, 5.74) is -1.43.